The summed E-state index contributed by atoms with van der Waals surface area (Å²) in [5.74, 6) is 0.148. The van der Waals surface area contributed by atoms with Crippen LogP contribution in [0.3, 0.4) is 0 Å². The number of ether oxygens (including phenoxy) is 1. The number of carbonyl (C=O) groups is 1. The summed E-state index contributed by atoms with van der Waals surface area (Å²) in [6.07, 6.45) is 1.83. The second kappa shape index (κ2) is 4.57. The Morgan fingerprint density at radius 3 is 2.58 bits per heavy atom. The van der Waals surface area contributed by atoms with Gasteiger partial charge < -0.3 is 4.74 Å². The van der Waals surface area contributed by atoms with Crippen LogP contribution in [0.25, 0.3) is 16.8 Å². The van der Waals surface area contributed by atoms with Crippen LogP contribution in [0.2, 0.25) is 0 Å². The average Bonchev–Trinajstić information content (AvgIpc) is 2.78. The molecule has 2 aromatic heterocycles. The van der Waals surface area contributed by atoms with Crippen LogP contribution in [0.1, 0.15) is 6.92 Å². The third kappa shape index (κ3) is 2.08. The third-order valence-electron chi connectivity index (χ3n) is 2.79. The maximum absolute atomic E-state index is 11.3. The first-order valence-corrected chi connectivity index (χ1v) is 5.97. The van der Waals surface area contributed by atoms with Crippen LogP contribution in [0, 0.1) is 0 Å². The van der Waals surface area contributed by atoms with E-state index in [-0.39, 0.29) is 5.97 Å². The Morgan fingerprint density at radius 2 is 1.84 bits per heavy atom. The maximum atomic E-state index is 11.3. The Hall–Kier alpha value is -2.62. The Labute approximate surface area is 110 Å². The topological polar surface area (TPSA) is 43.6 Å². The summed E-state index contributed by atoms with van der Waals surface area (Å²) in [6.45, 7) is 1.39. The Bertz CT molecular complexity index is 732. The van der Waals surface area contributed by atoms with E-state index >= 15 is 0 Å². The first kappa shape index (κ1) is 11.5. The molecule has 0 aliphatic heterocycles. The number of carbonyl (C=O) groups excluding carboxylic acids is 1. The molecule has 0 atom stereocenters. The van der Waals surface area contributed by atoms with Gasteiger partial charge in [-0.15, -0.1) is 0 Å². The lowest BCUT2D eigenvalue weighted by atomic mass is 10.1. The summed E-state index contributed by atoms with van der Waals surface area (Å²) >= 11 is 0. The third-order valence-corrected chi connectivity index (χ3v) is 2.79. The fourth-order valence-electron chi connectivity index (χ4n) is 2.01. The number of pyridine rings is 1. The normalized spacial score (nSPS) is 10.6. The molecule has 0 N–H and O–H groups in total. The van der Waals surface area contributed by atoms with E-state index < -0.39 is 0 Å². The lowest BCUT2D eigenvalue weighted by Crippen LogP contribution is -2.02. The van der Waals surface area contributed by atoms with Gasteiger partial charge in [-0.1, -0.05) is 36.4 Å². The summed E-state index contributed by atoms with van der Waals surface area (Å²) in [4.78, 5) is 11.3. The molecule has 4 heteroatoms. The van der Waals surface area contributed by atoms with Crippen molar-refractivity contribution < 1.29 is 9.53 Å². The van der Waals surface area contributed by atoms with Crippen LogP contribution >= 0.6 is 0 Å². The smallest absolute Gasteiger partial charge is 0.308 e. The molecule has 0 aliphatic carbocycles. The fraction of sp³-hybridized carbons (Fsp3) is 0.0667. The van der Waals surface area contributed by atoms with Crippen LogP contribution in [0.4, 0.5) is 0 Å². The van der Waals surface area contributed by atoms with Crippen molar-refractivity contribution in [2.45, 2.75) is 6.92 Å². The monoisotopic (exact) mass is 252 g/mol. The molecule has 2 heterocycles. The van der Waals surface area contributed by atoms with Crippen molar-refractivity contribution in [3.8, 4) is 17.0 Å². The molecule has 4 nitrogen and oxygen atoms in total. The van der Waals surface area contributed by atoms with Crippen molar-refractivity contribution in [3.05, 3.63) is 54.7 Å². The lowest BCUT2D eigenvalue weighted by Gasteiger charge is -2.02. The Kier molecular flexibility index (Phi) is 2.76. The molecule has 1 aromatic carbocycles. The van der Waals surface area contributed by atoms with Crippen molar-refractivity contribution >= 4 is 11.5 Å². The maximum Gasteiger partial charge on any atom is 0.308 e. The summed E-state index contributed by atoms with van der Waals surface area (Å²) in [6, 6.07) is 15.3. The van der Waals surface area contributed by atoms with Crippen molar-refractivity contribution in [3.63, 3.8) is 0 Å². The van der Waals surface area contributed by atoms with Gasteiger partial charge in [0.2, 0.25) is 0 Å². The van der Waals surface area contributed by atoms with Gasteiger partial charge in [0.05, 0.1) is 0 Å². The van der Waals surface area contributed by atoms with E-state index in [9.17, 15) is 4.79 Å². The van der Waals surface area contributed by atoms with Gasteiger partial charge in [-0.2, -0.15) is 5.10 Å². The van der Waals surface area contributed by atoms with E-state index in [0.29, 0.717) is 11.4 Å². The van der Waals surface area contributed by atoms with Gasteiger partial charge in [0.25, 0.3) is 0 Å². The minimum atomic E-state index is -0.351. The highest BCUT2D eigenvalue weighted by Gasteiger charge is 2.16. The molecule has 0 amide bonds. The molecule has 0 saturated carbocycles. The standard InChI is InChI=1S/C15H12N2O2/c1-11(18)19-15-13-9-5-6-10-17(13)16-14(15)12-7-3-2-4-8-12/h2-10H,1H3. The number of fused-ring (bicyclic) bond motifs is 1. The van der Waals surface area contributed by atoms with Gasteiger partial charge in [0, 0.05) is 18.7 Å². The summed E-state index contributed by atoms with van der Waals surface area (Å²) in [5, 5.41) is 4.48. The molecule has 19 heavy (non-hydrogen) atoms. The highest BCUT2D eigenvalue weighted by Crippen LogP contribution is 2.33. The van der Waals surface area contributed by atoms with E-state index in [0.717, 1.165) is 11.1 Å². The molecule has 0 bridgehead atoms. The summed E-state index contributed by atoms with van der Waals surface area (Å²) in [5.41, 5.74) is 2.36. The molecule has 0 unspecified atom stereocenters. The number of rotatable bonds is 2. The molecule has 3 rings (SSSR count). The van der Waals surface area contributed by atoms with Crippen LogP contribution in [0.15, 0.2) is 54.7 Å². The minimum Gasteiger partial charge on any atom is -0.422 e. The SMILES string of the molecule is CC(=O)Oc1c(-c2ccccc2)nn2ccccc12. The van der Waals surface area contributed by atoms with Gasteiger partial charge in [-0.05, 0) is 12.1 Å². The van der Waals surface area contributed by atoms with Crippen molar-refractivity contribution in [1.29, 1.82) is 0 Å². The number of benzene rings is 1. The lowest BCUT2D eigenvalue weighted by molar-refractivity contribution is -0.131. The van der Waals surface area contributed by atoms with Crippen molar-refractivity contribution in [2.75, 3.05) is 0 Å². The predicted octanol–water partition coefficient (Wildman–Crippen LogP) is 2.93. The summed E-state index contributed by atoms with van der Waals surface area (Å²) < 4.78 is 7.04. The first-order chi connectivity index (χ1) is 9.25. The van der Waals surface area contributed by atoms with Crippen LogP contribution in [-0.4, -0.2) is 15.6 Å². The second-order valence-electron chi connectivity index (χ2n) is 4.17. The Morgan fingerprint density at radius 1 is 1.11 bits per heavy atom. The molecule has 94 valence electrons. The molecule has 0 saturated heterocycles. The fourth-order valence-corrected chi connectivity index (χ4v) is 2.01. The van der Waals surface area contributed by atoms with Gasteiger partial charge in [-0.25, -0.2) is 4.52 Å². The number of hydrogen-bond donors (Lipinski definition) is 0. The molecule has 0 radical (unpaired) electrons. The highest BCUT2D eigenvalue weighted by molar-refractivity contribution is 5.82. The van der Waals surface area contributed by atoms with Crippen molar-refractivity contribution in [1.82, 2.24) is 9.61 Å². The molecule has 0 spiro atoms. The highest BCUT2D eigenvalue weighted by atomic mass is 16.5. The Balaban J connectivity index is 2.26. The zero-order chi connectivity index (χ0) is 13.2. The van der Waals surface area contributed by atoms with Gasteiger partial charge >= 0.3 is 5.97 Å². The van der Waals surface area contributed by atoms with Gasteiger partial charge in [0.15, 0.2) is 5.75 Å². The van der Waals surface area contributed by atoms with Gasteiger partial charge in [-0.3, -0.25) is 4.79 Å². The molecule has 0 aliphatic rings. The first-order valence-electron chi connectivity index (χ1n) is 5.97. The van der Waals surface area contributed by atoms with Crippen LogP contribution in [-0.2, 0) is 4.79 Å². The largest absolute Gasteiger partial charge is 0.422 e. The number of aromatic nitrogens is 2. The quantitative estimate of drug-likeness (QED) is 0.659. The van der Waals surface area contributed by atoms with Gasteiger partial charge in [0.1, 0.15) is 11.2 Å². The van der Waals surface area contributed by atoms with Crippen LogP contribution < -0.4 is 4.74 Å². The molecule has 3 aromatic rings. The molecule has 0 fully saturated rings. The zero-order valence-corrected chi connectivity index (χ0v) is 10.4. The van der Waals surface area contributed by atoms with E-state index in [1.165, 1.54) is 6.92 Å². The van der Waals surface area contributed by atoms with E-state index in [4.69, 9.17) is 4.74 Å². The molecular formula is C15H12N2O2. The van der Waals surface area contributed by atoms with Crippen molar-refractivity contribution in [2.24, 2.45) is 0 Å². The predicted molar refractivity (Wildman–Crippen MR) is 71.9 cm³/mol. The number of nitrogens with zero attached hydrogens (tertiary/aromatic N) is 2. The molecular weight excluding hydrogens is 240 g/mol. The van der Waals surface area contributed by atoms with E-state index in [1.807, 2.05) is 54.7 Å². The van der Waals surface area contributed by atoms with Crippen LogP contribution in [0.5, 0.6) is 5.75 Å². The second-order valence-corrected chi connectivity index (χ2v) is 4.17. The van der Waals surface area contributed by atoms with E-state index in [2.05, 4.69) is 5.10 Å². The summed E-state index contributed by atoms with van der Waals surface area (Å²) in [7, 11) is 0. The average molecular weight is 252 g/mol. The minimum absolute atomic E-state index is 0.351. The number of esters is 1. The zero-order valence-electron chi connectivity index (χ0n) is 10.4. The number of hydrogen-bond acceptors (Lipinski definition) is 3. The van der Waals surface area contributed by atoms with E-state index in [1.54, 1.807) is 4.52 Å².